The lowest BCUT2D eigenvalue weighted by Crippen LogP contribution is -2.50. The van der Waals surface area contributed by atoms with Crippen molar-refractivity contribution in [3.8, 4) is 5.75 Å². The minimum Gasteiger partial charge on any atom is -0.497 e. The fourth-order valence-corrected chi connectivity index (χ4v) is 5.53. The number of carbonyl (C=O) groups excluding carboxylic acids is 2. The van der Waals surface area contributed by atoms with Gasteiger partial charge in [-0.2, -0.15) is 0 Å². The fraction of sp³-hybridized carbons (Fsp3) is 0.333. The number of aryl methyl sites for hydroxylation is 1. The van der Waals surface area contributed by atoms with Crippen LogP contribution >= 0.6 is 0 Å². The second-order valence-corrected chi connectivity index (χ2v) is 11.6. The van der Waals surface area contributed by atoms with Crippen LogP contribution in [0.1, 0.15) is 43.4 Å². The molecule has 0 saturated heterocycles. The normalized spacial score (nSPS) is 12.1. The molecule has 8 nitrogen and oxygen atoms in total. The van der Waals surface area contributed by atoms with Gasteiger partial charge in [0.05, 0.1) is 17.7 Å². The number of nitrogens with one attached hydrogen (secondary N) is 1. The van der Waals surface area contributed by atoms with Gasteiger partial charge in [-0.15, -0.1) is 0 Å². The first-order chi connectivity index (χ1) is 18.5. The van der Waals surface area contributed by atoms with E-state index in [9.17, 15) is 18.0 Å². The van der Waals surface area contributed by atoms with Crippen molar-refractivity contribution in [1.29, 1.82) is 0 Å². The van der Waals surface area contributed by atoms with E-state index in [2.05, 4.69) is 19.2 Å². The van der Waals surface area contributed by atoms with Gasteiger partial charge < -0.3 is 15.0 Å². The lowest BCUT2D eigenvalue weighted by Gasteiger charge is -2.32. The van der Waals surface area contributed by atoms with E-state index >= 15 is 0 Å². The third-order valence-electron chi connectivity index (χ3n) is 6.66. The van der Waals surface area contributed by atoms with Crippen LogP contribution in [-0.4, -0.2) is 51.9 Å². The van der Waals surface area contributed by atoms with Gasteiger partial charge in [-0.3, -0.25) is 13.9 Å². The van der Waals surface area contributed by atoms with E-state index in [0.29, 0.717) is 11.4 Å². The molecule has 3 aromatic rings. The van der Waals surface area contributed by atoms with E-state index in [-0.39, 0.29) is 23.3 Å². The first-order valence-electron chi connectivity index (χ1n) is 12.8. The third-order valence-corrected chi connectivity index (χ3v) is 8.45. The summed E-state index contributed by atoms with van der Waals surface area (Å²) in [6.45, 7) is 7.24. The number of hydrogen-bond acceptors (Lipinski definition) is 5. The lowest BCUT2D eigenvalue weighted by atomic mass is 10.0. The number of hydrogen-bond donors (Lipinski definition) is 1. The van der Waals surface area contributed by atoms with Gasteiger partial charge in [-0.25, -0.2) is 8.42 Å². The van der Waals surface area contributed by atoms with Crippen LogP contribution < -0.4 is 14.4 Å². The molecular formula is C30H37N3O5S. The summed E-state index contributed by atoms with van der Waals surface area (Å²) in [5.74, 6) is 0.0593. The molecule has 0 aliphatic heterocycles. The predicted molar refractivity (Wildman–Crippen MR) is 153 cm³/mol. The number of amides is 2. The molecule has 9 heteroatoms. The molecule has 1 atom stereocenters. The van der Waals surface area contributed by atoms with E-state index in [0.717, 1.165) is 21.0 Å². The Morgan fingerprint density at radius 2 is 1.49 bits per heavy atom. The minimum absolute atomic E-state index is 0.0786. The molecule has 2 amide bonds. The van der Waals surface area contributed by atoms with Crippen molar-refractivity contribution in [3.63, 3.8) is 0 Å². The Morgan fingerprint density at radius 1 is 0.897 bits per heavy atom. The second-order valence-electron chi connectivity index (χ2n) is 9.73. The summed E-state index contributed by atoms with van der Waals surface area (Å²) >= 11 is 0. The van der Waals surface area contributed by atoms with E-state index in [1.807, 2.05) is 19.1 Å². The van der Waals surface area contributed by atoms with Crippen molar-refractivity contribution in [1.82, 2.24) is 10.2 Å². The van der Waals surface area contributed by atoms with Crippen LogP contribution in [0.4, 0.5) is 5.69 Å². The van der Waals surface area contributed by atoms with E-state index < -0.39 is 28.5 Å². The van der Waals surface area contributed by atoms with Crippen molar-refractivity contribution in [3.05, 3.63) is 89.5 Å². The van der Waals surface area contributed by atoms with Crippen LogP contribution in [0.15, 0.2) is 77.7 Å². The quantitative estimate of drug-likeness (QED) is 0.379. The van der Waals surface area contributed by atoms with Gasteiger partial charge in [0.1, 0.15) is 18.3 Å². The standard InChI is InChI=1S/C30H37N3O5S/c1-21(2)25-11-13-26(14-12-25)33(39(36,37)28-17-7-22(3)8-18-28)20-29(34)32(23(4)30(35)31-5)19-24-9-15-27(38-6)16-10-24/h7-18,21,23H,19-20H2,1-6H3,(H,31,35)/t23-/m0/s1. The second kappa shape index (κ2) is 12.8. The summed E-state index contributed by atoms with van der Waals surface area (Å²) in [6, 6.07) is 20.0. The molecule has 0 aliphatic carbocycles. The van der Waals surface area contributed by atoms with Crippen LogP contribution in [-0.2, 0) is 26.2 Å². The van der Waals surface area contributed by atoms with Crippen molar-refractivity contribution in [2.45, 2.75) is 51.1 Å². The highest BCUT2D eigenvalue weighted by molar-refractivity contribution is 7.92. The molecule has 0 unspecified atom stereocenters. The SMILES string of the molecule is CNC(=O)[C@H](C)N(Cc1ccc(OC)cc1)C(=O)CN(c1ccc(C(C)C)cc1)S(=O)(=O)c1ccc(C)cc1. The number of anilines is 1. The number of rotatable bonds is 11. The van der Waals surface area contributed by atoms with E-state index in [1.165, 1.54) is 24.1 Å². The Morgan fingerprint density at radius 3 is 2.00 bits per heavy atom. The Bertz CT molecular complexity index is 1370. The maximum Gasteiger partial charge on any atom is 0.264 e. The van der Waals surface area contributed by atoms with Gasteiger partial charge >= 0.3 is 0 Å². The summed E-state index contributed by atoms with van der Waals surface area (Å²) in [5.41, 5.74) is 3.11. The molecule has 1 N–H and O–H groups in total. The summed E-state index contributed by atoms with van der Waals surface area (Å²) in [5, 5.41) is 2.58. The largest absolute Gasteiger partial charge is 0.497 e. The molecule has 0 spiro atoms. The number of ether oxygens (including phenoxy) is 1. The lowest BCUT2D eigenvalue weighted by molar-refractivity contribution is -0.139. The maximum absolute atomic E-state index is 13.9. The molecule has 208 valence electrons. The van der Waals surface area contributed by atoms with Crippen molar-refractivity contribution in [2.75, 3.05) is 25.0 Å². The molecular weight excluding hydrogens is 514 g/mol. The molecule has 0 aromatic heterocycles. The molecule has 3 aromatic carbocycles. The molecule has 0 bridgehead atoms. The predicted octanol–water partition coefficient (Wildman–Crippen LogP) is 4.49. The fourth-order valence-electron chi connectivity index (χ4n) is 4.11. The van der Waals surface area contributed by atoms with Gasteiger partial charge in [0.2, 0.25) is 11.8 Å². The topological polar surface area (TPSA) is 96.0 Å². The zero-order valence-corrected chi connectivity index (χ0v) is 24.2. The smallest absolute Gasteiger partial charge is 0.264 e. The van der Waals surface area contributed by atoms with Gasteiger partial charge in [0.25, 0.3) is 10.0 Å². The first-order valence-corrected chi connectivity index (χ1v) is 14.2. The van der Waals surface area contributed by atoms with Gasteiger partial charge in [0.15, 0.2) is 0 Å². The van der Waals surface area contributed by atoms with E-state index in [4.69, 9.17) is 4.74 Å². The molecule has 0 saturated carbocycles. The van der Waals surface area contributed by atoms with Gasteiger partial charge in [-0.1, -0.05) is 55.8 Å². The number of methoxy groups -OCH3 is 1. The molecule has 0 aliphatic rings. The highest BCUT2D eigenvalue weighted by Crippen LogP contribution is 2.27. The molecule has 0 radical (unpaired) electrons. The zero-order valence-electron chi connectivity index (χ0n) is 23.3. The average Bonchev–Trinajstić information content (AvgIpc) is 2.94. The number of carbonyl (C=O) groups is 2. The van der Waals surface area contributed by atoms with Crippen molar-refractivity contribution < 1.29 is 22.7 Å². The highest BCUT2D eigenvalue weighted by Gasteiger charge is 2.32. The number of sulfonamides is 1. The summed E-state index contributed by atoms with van der Waals surface area (Å²) in [7, 11) is -1.03. The number of nitrogens with zero attached hydrogens (tertiary/aromatic N) is 2. The van der Waals surface area contributed by atoms with Crippen molar-refractivity contribution >= 4 is 27.5 Å². The van der Waals surface area contributed by atoms with E-state index in [1.54, 1.807) is 62.6 Å². The first kappa shape index (κ1) is 29.7. The molecule has 0 fully saturated rings. The van der Waals surface area contributed by atoms with Gasteiger partial charge in [0, 0.05) is 13.6 Å². The summed E-state index contributed by atoms with van der Waals surface area (Å²) < 4.78 is 34.1. The Hall–Kier alpha value is -3.85. The van der Waals surface area contributed by atoms with Crippen LogP contribution in [0, 0.1) is 6.92 Å². The molecule has 39 heavy (non-hydrogen) atoms. The molecule has 0 heterocycles. The average molecular weight is 552 g/mol. The van der Waals surface area contributed by atoms with Crippen LogP contribution in [0.25, 0.3) is 0 Å². The summed E-state index contributed by atoms with van der Waals surface area (Å²) in [4.78, 5) is 27.9. The van der Waals surface area contributed by atoms with Gasteiger partial charge in [-0.05, 0) is 67.3 Å². The van der Waals surface area contributed by atoms with Crippen LogP contribution in [0.3, 0.4) is 0 Å². The van der Waals surface area contributed by atoms with Crippen LogP contribution in [0.5, 0.6) is 5.75 Å². The maximum atomic E-state index is 13.9. The van der Waals surface area contributed by atoms with Crippen molar-refractivity contribution in [2.24, 2.45) is 0 Å². The monoisotopic (exact) mass is 551 g/mol. The third kappa shape index (κ3) is 7.17. The number of likely N-dealkylation sites (N-methyl/N-ethyl adjacent to an activating group) is 1. The number of benzene rings is 3. The summed E-state index contributed by atoms with van der Waals surface area (Å²) in [6.07, 6.45) is 0. The minimum atomic E-state index is -4.10. The molecule has 3 rings (SSSR count). The van der Waals surface area contributed by atoms with Crippen LogP contribution in [0.2, 0.25) is 0 Å². The Kier molecular flexibility index (Phi) is 9.75. The Labute approximate surface area is 231 Å². The Balaban J connectivity index is 2.03. The highest BCUT2D eigenvalue weighted by atomic mass is 32.2. The zero-order chi connectivity index (χ0) is 28.7.